The van der Waals surface area contributed by atoms with Crippen molar-refractivity contribution in [2.75, 3.05) is 13.2 Å². The van der Waals surface area contributed by atoms with E-state index in [1.165, 1.54) is 6.92 Å². The number of aliphatic hydroxyl groups excluding tert-OH is 1. The number of hydrogen-bond donors (Lipinski definition) is 4. The lowest BCUT2D eigenvalue weighted by Gasteiger charge is -2.22. The lowest BCUT2D eigenvalue weighted by Crippen LogP contribution is -2.54. The lowest BCUT2D eigenvalue weighted by molar-refractivity contribution is -0.148. The zero-order valence-corrected chi connectivity index (χ0v) is 16.4. The minimum absolute atomic E-state index is 0.0204. The van der Waals surface area contributed by atoms with Crippen LogP contribution in [0.15, 0.2) is 30.3 Å². The highest BCUT2D eigenvalue weighted by Crippen LogP contribution is 2.09. The van der Waals surface area contributed by atoms with Gasteiger partial charge in [0, 0.05) is 0 Å². The first-order valence-electron chi connectivity index (χ1n) is 9.12. The molecule has 0 saturated carbocycles. The molecule has 0 radical (unpaired) electrons. The minimum Gasteiger partial charge on any atom is -0.466 e. The second kappa shape index (κ2) is 12.3. The van der Waals surface area contributed by atoms with Gasteiger partial charge in [-0.1, -0.05) is 37.3 Å². The number of amides is 3. The highest BCUT2D eigenvalue weighted by molar-refractivity contribution is 5.91. The molecule has 3 atom stereocenters. The summed E-state index contributed by atoms with van der Waals surface area (Å²) in [6, 6.07) is 6.34. The van der Waals surface area contributed by atoms with Crippen molar-refractivity contribution in [3.63, 3.8) is 0 Å². The van der Waals surface area contributed by atoms with E-state index in [1.807, 2.05) is 6.07 Å². The van der Waals surface area contributed by atoms with Crippen LogP contribution in [0.25, 0.3) is 0 Å². The topological polar surface area (TPSA) is 157 Å². The summed E-state index contributed by atoms with van der Waals surface area (Å²) < 4.78 is 9.85. The largest absolute Gasteiger partial charge is 0.466 e. The van der Waals surface area contributed by atoms with Gasteiger partial charge in [-0.2, -0.15) is 0 Å². The third kappa shape index (κ3) is 8.60. The van der Waals surface area contributed by atoms with Gasteiger partial charge in [0.1, 0.15) is 18.7 Å². The molecule has 0 aromatic heterocycles. The third-order valence-electron chi connectivity index (χ3n) is 3.94. The Bertz CT molecular complexity index is 696. The molecule has 0 unspecified atom stereocenters. The van der Waals surface area contributed by atoms with Crippen LogP contribution in [0.1, 0.15) is 25.8 Å². The number of alkyl carbamates (subject to hydrolysis) is 1. The smallest absolute Gasteiger partial charge is 0.408 e. The molecular weight excluding hydrogens is 382 g/mol. The third-order valence-corrected chi connectivity index (χ3v) is 3.94. The fraction of sp³-hybridized carbons (Fsp3) is 0.474. The van der Waals surface area contributed by atoms with Gasteiger partial charge in [0.05, 0.1) is 19.1 Å². The molecule has 3 amide bonds. The van der Waals surface area contributed by atoms with Crippen molar-refractivity contribution in [2.45, 2.75) is 39.0 Å². The summed E-state index contributed by atoms with van der Waals surface area (Å²) in [6.07, 6.45) is -1.00. The maximum absolute atomic E-state index is 12.3. The molecule has 0 bridgehead atoms. The van der Waals surface area contributed by atoms with Crippen molar-refractivity contribution >= 4 is 23.9 Å². The van der Waals surface area contributed by atoms with Crippen molar-refractivity contribution in [3.8, 4) is 0 Å². The maximum atomic E-state index is 12.3. The molecule has 0 aliphatic carbocycles. The number of ether oxygens (including phenoxy) is 2. The molecule has 0 spiro atoms. The second-order valence-electron chi connectivity index (χ2n) is 6.29. The standard InChI is InChI=1S/C19H27N3O7/c1-3-28-18(26)12(2)9-14(16(20)24)21-17(25)15(10-23)22-19(27)29-11-13-7-5-4-6-8-13/h4-8,12,14-15,23H,3,9-11H2,1-2H3,(H2,20,24)(H,21,25)(H,22,27)/t12-,14+,15-/m0/s1. The average molecular weight is 409 g/mol. The molecule has 1 aromatic rings. The molecule has 0 saturated heterocycles. The average Bonchev–Trinajstić information content (AvgIpc) is 2.70. The number of esters is 1. The van der Waals surface area contributed by atoms with E-state index in [0.29, 0.717) is 0 Å². The van der Waals surface area contributed by atoms with E-state index >= 15 is 0 Å². The summed E-state index contributed by atoms with van der Waals surface area (Å²) in [5.41, 5.74) is 6.03. The highest BCUT2D eigenvalue weighted by atomic mass is 16.5. The van der Waals surface area contributed by atoms with Crippen LogP contribution in [0, 0.1) is 5.92 Å². The van der Waals surface area contributed by atoms with E-state index in [-0.39, 0.29) is 19.6 Å². The monoisotopic (exact) mass is 409 g/mol. The Kier molecular flexibility index (Phi) is 10.2. The van der Waals surface area contributed by atoms with Crippen LogP contribution >= 0.6 is 0 Å². The number of benzene rings is 1. The van der Waals surface area contributed by atoms with Crippen molar-refractivity contribution in [1.82, 2.24) is 10.6 Å². The number of primary amides is 1. The first-order chi connectivity index (χ1) is 13.8. The zero-order chi connectivity index (χ0) is 21.8. The van der Waals surface area contributed by atoms with E-state index in [9.17, 15) is 24.3 Å². The molecule has 1 aromatic carbocycles. The van der Waals surface area contributed by atoms with Gasteiger partial charge < -0.3 is 30.9 Å². The summed E-state index contributed by atoms with van der Waals surface area (Å²) in [6.45, 7) is 2.60. The van der Waals surface area contributed by atoms with Crippen molar-refractivity contribution < 1.29 is 33.8 Å². The number of hydrogen-bond acceptors (Lipinski definition) is 7. The Hall–Kier alpha value is -3.14. The fourth-order valence-electron chi connectivity index (χ4n) is 2.35. The number of carbonyl (C=O) groups is 4. The van der Waals surface area contributed by atoms with Crippen LogP contribution in [0.4, 0.5) is 4.79 Å². The predicted octanol–water partition coefficient (Wildman–Crippen LogP) is -0.167. The van der Waals surface area contributed by atoms with E-state index in [2.05, 4.69) is 10.6 Å². The lowest BCUT2D eigenvalue weighted by atomic mass is 10.0. The molecule has 0 heterocycles. The number of rotatable bonds is 11. The van der Waals surface area contributed by atoms with E-state index < -0.39 is 48.5 Å². The Labute approximate surface area is 168 Å². The molecule has 29 heavy (non-hydrogen) atoms. The molecule has 10 nitrogen and oxygen atoms in total. The summed E-state index contributed by atoms with van der Waals surface area (Å²) in [5, 5.41) is 13.9. The van der Waals surface area contributed by atoms with E-state index in [0.717, 1.165) is 5.56 Å². The van der Waals surface area contributed by atoms with E-state index in [4.69, 9.17) is 15.2 Å². The van der Waals surface area contributed by atoms with Crippen molar-refractivity contribution in [1.29, 1.82) is 0 Å². The van der Waals surface area contributed by atoms with Crippen LogP contribution in [0.5, 0.6) is 0 Å². The predicted molar refractivity (Wildman–Crippen MR) is 102 cm³/mol. The molecule has 0 fully saturated rings. The summed E-state index contributed by atoms with van der Waals surface area (Å²) >= 11 is 0. The SMILES string of the molecule is CCOC(=O)[C@@H](C)C[C@@H](NC(=O)[C@H](CO)NC(=O)OCc1ccccc1)C(N)=O. The zero-order valence-electron chi connectivity index (χ0n) is 16.4. The van der Waals surface area contributed by atoms with Gasteiger partial charge in [-0.3, -0.25) is 14.4 Å². The quantitative estimate of drug-likeness (QED) is 0.370. The van der Waals surface area contributed by atoms with Crippen LogP contribution in [0.3, 0.4) is 0 Å². The van der Waals surface area contributed by atoms with Gasteiger partial charge in [-0.25, -0.2) is 4.79 Å². The number of nitrogens with two attached hydrogens (primary N) is 1. The number of carbonyl (C=O) groups excluding carboxylic acids is 4. The number of aliphatic hydroxyl groups is 1. The normalized spacial score (nSPS) is 13.5. The molecular formula is C19H27N3O7. The fourth-order valence-corrected chi connectivity index (χ4v) is 2.35. The van der Waals surface area contributed by atoms with Crippen LogP contribution in [-0.2, 0) is 30.5 Å². The summed E-state index contributed by atoms with van der Waals surface area (Å²) in [7, 11) is 0. The van der Waals surface area contributed by atoms with Gasteiger partial charge in [0.25, 0.3) is 0 Å². The molecule has 0 aliphatic rings. The van der Waals surface area contributed by atoms with Gasteiger partial charge in [0.2, 0.25) is 11.8 Å². The molecule has 10 heteroatoms. The molecule has 1 rings (SSSR count). The Morgan fingerprint density at radius 2 is 1.72 bits per heavy atom. The van der Waals surface area contributed by atoms with Crippen LogP contribution in [-0.4, -0.2) is 54.3 Å². The van der Waals surface area contributed by atoms with Crippen molar-refractivity contribution in [3.05, 3.63) is 35.9 Å². The number of nitrogens with one attached hydrogen (secondary N) is 2. The van der Waals surface area contributed by atoms with Crippen LogP contribution < -0.4 is 16.4 Å². The van der Waals surface area contributed by atoms with Gasteiger partial charge in [0.15, 0.2) is 0 Å². The van der Waals surface area contributed by atoms with Gasteiger partial charge >= 0.3 is 12.1 Å². The molecule has 5 N–H and O–H groups in total. The molecule has 0 aliphatic heterocycles. The Morgan fingerprint density at radius 1 is 1.07 bits per heavy atom. The Morgan fingerprint density at radius 3 is 2.28 bits per heavy atom. The minimum atomic E-state index is -1.36. The Balaban J connectivity index is 2.60. The van der Waals surface area contributed by atoms with Gasteiger partial charge in [-0.15, -0.1) is 0 Å². The molecule has 160 valence electrons. The summed E-state index contributed by atoms with van der Waals surface area (Å²) in [5.74, 6) is -2.93. The highest BCUT2D eigenvalue weighted by Gasteiger charge is 2.28. The van der Waals surface area contributed by atoms with Crippen molar-refractivity contribution in [2.24, 2.45) is 11.7 Å². The second-order valence-corrected chi connectivity index (χ2v) is 6.29. The van der Waals surface area contributed by atoms with Crippen LogP contribution in [0.2, 0.25) is 0 Å². The first-order valence-corrected chi connectivity index (χ1v) is 9.12. The summed E-state index contributed by atoms with van der Waals surface area (Å²) in [4.78, 5) is 47.5. The van der Waals surface area contributed by atoms with E-state index in [1.54, 1.807) is 31.2 Å². The first kappa shape index (κ1) is 23.9. The van der Waals surface area contributed by atoms with Gasteiger partial charge in [-0.05, 0) is 18.9 Å². The maximum Gasteiger partial charge on any atom is 0.408 e.